The quantitative estimate of drug-likeness (QED) is 0.716. The molecular formula is C12H14ClFO. The first-order chi connectivity index (χ1) is 7.00. The van der Waals surface area contributed by atoms with Gasteiger partial charge in [0.2, 0.25) is 0 Å². The second-order valence-corrected chi connectivity index (χ2v) is 4.21. The Morgan fingerprint density at radius 2 is 2.27 bits per heavy atom. The Morgan fingerprint density at radius 3 is 2.87 bits per heavy atom. The van der Waals surface area contributed by atoms with Crippen LogP contribution < -0.4 is 0 Å². The maximum atomic E-state index is 13.5. The van der Waals surface area contributed by atoms with E-state index in [2.05, 4.69) is 0 Å². The van der Waals surface area contributed by atoms with E-state index in [4.69, 9.17) is 11.6 Å². The average molecular weight is 229 g/mol. The highest BCUT2D eigenvalue weighted by molar-refractivity contribution is 6.31. The topological polar surface area (TPSA) is 17.1 Å². The molecule has 0 aliphatic heterocycles. The van der Waals surface area contributed by atoms with Crippen LogP contribution in [0.4, 0.5) is 4.39 Å². The Hall–Kier alpha value is -0.890. The van der Waals surface area contributed by atoms with Gasteiger partial charge in [-0.3, -0.25) is 4.79 Å². The van der Waals surface area contributed by atoms with E-state index in [1.807, 2.05) is 0 Å². The van der Waals surface area contributed by atoms with E-state index in [0.717, 1.165) is 0 Å². The molecule has 0 fully saturated rings. The first-order valence-electron chi connectivity index (χ1n) is 4.92. The largest absolute Gasteiger partial charge is 0.300 e. The van der Waals surface area contributed by atoms with Crippen LogP contribution >= 0.6 is 11.6 Å². The lowest BCUT2D eigenvalue weighted by Crippen LogP contribution is -2.07. The van der Waals surface area contributed by atoms with E-state index in [1.54, 1.807) is 25.2 Å². The summed E-state index contributed by atoms with van der Waals surface area (Å²) >= 11 is 5.76. The van der Waals surface area contributed by atoms with Gasteiger partial charge in [-0.2, -0.15) is 0 Å². The Morgan fingerprint density at radius 1 is 1.60 bits per heavy atom. The third-order valence-corrected chi connectivity index (χ3v) is 2.77. The van der Waals surface area contributed by atoms with Crippen molar-refractivity contribution in [3.8, 4) is 0 Å². The van der Waals surface area contributed by atoms with Gasteiger partial charge in [0, 0.05) is 17.4 Å². The number of halogens is 2. The van der Waals surface area contributed by atoms with Crippen LogP contribution in [0.1, 0.15) is 26.7 Å². The molecule has 82 valence electrons. The van der Waals surface area contributed by atoms with Crippen molar-refractivity contribution >= 4 is 17.4 Å². The number of hydrogen-bond donors (Lipinski definition) is 0. The fraction of sp³-hybridized carbons (Fsp3) is 0.417. The van der Waals surface area contributed by atoms with Crippen molar-refractivity contribution in [2.45, 2.75) is 26.7 Å². The highest BCUT2D eigenvalue weighted by Crippen LogP contribution is 2.25. The summed E-state index contributed by atoms with van der Waals surface area (Å²) < 4.78 is 13.5. The molecule has 0 aromatic rings. The molecule has 15 heavy (non-hydrogen) atoms. The third-order valence-electron chi connectivity index (χ3n) is 2.49. The Balaban J connectivity index is 2.77. The molecule has 0 N–H and O–H groups in total. The summed E-state index contributed by atoms with van der Waals surface area (Å²) in [7, 11) is 0. The van der Waals surface area contributed by atoms with Gasteiger partial charge in [-0.25, -0.2) is 4.39 Å². The van der Waals surface area contributed by atoms with Crippen LogP contribution in [0.5, 0.6) is 0 Å². The molecule has 0 saturated heterocycles. The number of carbonyl (C=O) groups excluding carboxylic acids is 1. The zero-order chi connectivity index (χ0) is 11.4. The summed E-state index contributed by atoms with van der Waals surface area (Å²) in [5.41, 5.74) is 0.574. The van der Waals surface area contributed by atoms with Gasteiger partial charge in [-0.15, -0.1) is 0 Å². The summed E-state index contributed by atoms with van der Waals surface area (Å²) in [6, 6.07) is 0. The number of allylic oxidation sites excluding steroid dienone is 6. The molecule has 1 aliphatic rings. The summed E-state index contributed by atoms with van der Waals surface area (Å²) in [5.74, 6) is -0.269. The van der Waals surface area contributed by atoms with Crippen LogP contribution in [-0.2, 0) is 4.79 Å². The first-order valence-corrected chi connectivity index (χ1v) is 5.30. The maximum Gasteiger partial charge on any atom is 0.132 e. The maximum absolute atomic E-state index is 13.5. The summed E-state index contributed by atoms with van der Waals surface area (Å²) in [5, 5.41) is 0.538. The predicted molar refractivity (Wildman–Crippen MR) is 60.3 cm³/mol. The molecule has 0 spiro atoms. The zero-order valence-electron chi connectivity index (χ0n) is 8.89. The van der Waals surface area contributed by atoms with Gasteiger partial charge in [0.15, 0.2) is 0 Å². The van der Waals surface area contributed by atoms with Crippen molar-refractivity contribution in [1.82, 2.24) is 0 Å². The van der Waals surface area contributed by atoms with E-state index >= 15 is 0 Å². The van der Waals surface area contributed by atoms with Gasteiger partial charge in [-0.05, 0) is 25.0 Å². The summed E-state index contributed by atoms with van der Waals surface area (Å²) in [6.07, 6.45) is 5.59. The van der Waals surface area contributed by atoms with Gasteiger partial charge in [-0.1, -0.05) is 30.7 Å². The van der Waals surface area contributed by atoms with Crippen molar-refractivity contribution in [1.29, 1.82) is 0 Å². The lowest BCUT2D eigenvalue weighted by molar-refractivity contribution is -0.120. The van der Waals surface area contributed by atoms with Crippen molar-refractivity contribution < 1.29 is 9.18 Å². The SMILES string of the molecule is CC(=O)C(C)CC1=C(F)CC=C(Cl)C=C1. The molecule has 0 bridgehead atoms. The van der Waals surface area contributed by atoms with Crippen LogP contribution in [0.25, 0.3) is 0 Å². The van der Waals surface area contributed by atoms with Crippen LogP contribution in [0.3, 0.4) is 0 Å². The predicted octanol–water partition coefficient (Wildman–Crippen LogP) is 3.91. The molecule has 0 saturated carbocycles. The molecular weight excluding hydrogens is 215 g/mol. The Bertz CT molecular complexity index is 353. The third kappa shape index (κ3) is 3.63. The number of hydrogen-bond acceptors (Lipinski definition) is 1. The summed E-state index contributed by atoms with van der Waals surface area (Å²) in [6.45, 7) is 3.32. The minimum Gasteiger partial charge on any atom is -0.300 e. The van der Waals surface area contributed by atoms with Gasteiger partial charge in [0.05, 0.1) is 0 Å². The number of Topliss-reactive ketones (excluding diaryl/α,β-unsaturated/α-hetero) is 1. The van der Waals surface area contributed by atoms with Crippen molar-refractivity contribution in [2.75, 3.05) is 0 Å². The molecule has 1 nitrogen and oxygen atoms in total. The molecule has 0 heterocycles. The molecule has 0 aromatic carbocycles. The molecule has 1 rings (SSSR count). The molecule has 3 heteroatoms. The lowest BCUT2D eigenvalue weighted by Gasteiger charge is -2.08. The van der Waals surface area contributed by atoms with Crippen molar-refractivity contribution in [3.63, 3.8) is 0 Å². The van der Waals surface area contributed by atoms with Crippen molar-refractivity contribution in [3.05, 3.63) is 34.7 Å². The summed E-state index contributed by atoms with van der Waals surface area (Å²) in [4.78, 5) is 11.1. The molecule has 1 atom stereocenters. The van der Waals surface area contributed by atoms with E-state index in [0.29, 0.717) is 17.0 Å². The second kappa shape index (κ2) is 5.26. The zero-order valence-corrected chi connectivity index (χ0v) is 9.64. The second-order valence-electron chi connectivity index (χ2n) is 3.77. The van der Waals surface area contributed by atoms with E-state index in [9.17, 15) is 9.18 Å². The smallest absolute Gasteiger partial charge is 0.132 e. The minimum atomic E-state index is -0.199. The fourth-order valence-electron chi connectivity index (χ4n) is 1.31. The average Bonchev–Trinajstić information content (AvgIpc) is 2.32. The number of ketones is 1. The molecule has 1 unspecified atom stereocenters. The fourth-order valence-corrected chi connectivity index (χ4v) is 1.45. The number of carbonyl (C=O) groups is 1. The molecule has 0 radical (unpaired) electrons. The van der Waals surface area contributed by atoms with E-state index in [-0.39, 0.29) is 23.9 Å². The van der Waals surface area contributed by atoms with Crippen molar-refractivity contribution in [2.24, 2.45) is 5.92 Å². The van der Waals surface area contributed by atoms with E-state index < -0.39 is 0 Å². The Kier molecular flexibility index (Phi) is 4.28. The van der Waals surface area contributed by atoms with Gasteiger partial charge in [0.25, 0.3) is 0 Å². The van der Waals surface area contributed by atoms with Crippen LogP contribution in [0.15, 0.2) is 34.7 Å². The highest BCUT2D eigenvalue weighted by Gasteiger charge is 2.13. The van der Waals surface area contributed by atoms with Gasteiger partial charge < -0.3 is 0 Å². The normalized spacial score (nSPS) is 18.5. The van der Waals surface area contributed by atoms with E-state index in [1.165, 1.54) is 6.92 Å². The molecule has 1 aliphatic carbocycles. The lowest BCUT2D eigenvalue weighted by atomic mass is 9.97. The van der Waals surface area contributed by atoms with Crippen LogP contribution in [0, 0.1) is 5.92 Å². The first kappa shape index (κ1) is 12.2. The number of rotatable bonds is 3. The monoisotopic (exact) mass is 228 g/mol. The van der Waals surface area contributed by atoms with Gasteiger partial charge >= 0.3 is 0 Å². The standard InChI is InChI=1S/C12H14ClFO/c1-8(9(2)15)7-10-3-4-11(13)5-6-12(10)14/h3-5,8H,6-7H2,1-2H3. The molecule has 0 amide bonds. The van der Waals surface area contributed by atoms with Crippen LogP contribution in [-0.4, -0.2) is 5.78 Å². The van der Waals surface area contributed by atoms with Gasteiger partial charge in [0.1, 0.15) is 11.6 Å². The Labute approximate surface area is 94.3 Å². The molecule has 0 aromatic heterocycles. The van der Waals surface area contributed by atoms with Crippen LogP contribution in [0.2, 0.25) is 0 Å². The highest BCUT2D eigenvalue weighted by atomic mass is 35.5. The minimum absolute atomic E-state index is 0.0759.